The Labute approximate surface area is 222 Å². The van der Waals surface area contributed by atoms with Gasteiger partial charge < -0.3 is 19.7 Å². The first-order chi connectivity index (χ1) is 17.7. The Morgan fingerprint density at radius 1 is 1.03 bits per heavy atom. The van der Waals surface area contributed by atoms with Crippen molar-refractivity contribution < 1.29 is 19.4 Å². The van der Waals surface area contributed by atoms with Crippen LogP contribution in [0.2, 0.25) is 10.0 Å². The molecule has 1 aliphatic heterocycles. The number of hydrogen-bond acceptors (Lipinski definition) is 6. The van der Waals surface area contributed by atoms with Crippen LogP contribution in [-0.4, -0.2) is 48.0 Å². The van der Waals surface area contributed by atoms with Crippen LogP contribution < -0.4 is 14.5 Å². The molecule has 0 bridgehead atoms. The summed E-state index contributed by atoms with van der Waals surface area (Å²) in [6.45, 7) is 0. The standard InChI is InChI=1S/C27H22Cl2N4O4/c1-32(2)16-7-4-14(5-8-16)23-22(24(34)15-6-10-18(28)19(29)12-15)25(35)26(36)33(23)27-30-20-11-9-17(37-3)13-21(20)31-27/h4-13,23,34H,1-3H3,(H,30,31)/b24-22+. The Morgan fingerprint density at radius 3 is 2.41 bits per heavy atom. The molecule has 37 heavy (non-hydrogen) atoms. The van der Waals surface area contributed by atoms with Crippen LogP contribution in [0.3, 0.4) is 0 Å². The number of carbonyl (C=O) groups is 2. The van der Waals surface area contributed by atoms with E-state index in [1.165, 1.54) is 23.1 Å². The van der Waals surface area contributed by atoms with E-state index in [4.69, 9.17) is 27.9 Å². The number of aliphatic hydroxyl groups is 1. The van der Waals surface area contributed by atoms with Gasteiger partial charge in [0.05, 0.1) is 39.8 Å². The van der Waals surface area contributed by atoms with Crippen molar-refractivity contribution in [3.8, 4) is 5.75 Å². The molecule has 1 amide bonds. The lowest BCUT2D eigenvalue weighted by molar-refractivity contribution is -0.132. The van der Waals surface area contributed by atoms with Gasteiger partial charge in [0.25, 0.3) is 5.78 Å². The number of Topliss-reactive ketones (excluding diaryl/α,β-unsaturated/α-hetero) is 1. The minimum Gasteiger partial charge on any atom is -0.507 e. The number of aromatic nitrogens is 2. The molecular formula is C27H22Cl2N4O4. The number of halogens is 2. The number of aliphatic hydroxyl groups excluding tert-OH is 1. The predicted molar refractivity (Wildman–Crippen MR) is 145 cm³/mol. The SMILES string of the molecule is COc1ccc2nc(N3C(=O)C(=O)/C(=C(/O)c4ccc(Cl)c(Cl)c4)C3c3ccc(N(C)C)cc3)[nH]c2c1. The largest absolute Gasteiger partial charge is 0.507 e. The summed E-state index contributed by atoms with van der Waals surface area (Å²) in [5.74, 6) is -1.25. The molecule has 0 spiro atoms. The molecule has 0 saturated carbocycles. The van der Waals surface area contributed by atoms with E-state index in [1.54, 1.807) is 25.3 Å². The number of H-pyrrole nitrogens is 1. The maximum atomic E-state index is 13.4. The van der Waals surface area contributed by atoms with Gasteiger partial charge in [-0.15, -0.1) is 0 Å². The fraction of sp³-hybridized carbons (Fsp3) is 0.148. The Morgan fingerprint density at radius 2 is 1.76 bits per heavy atom. The highest BCUT2D eigenvalue weighted by Crippen LogP contribution is 2.42. The van der Waals surface area contributed by atoms with Gasteiger partial charge in [0.1, 0.15) is 11.5 Å². The van der Waals surface area contributed by atoms with Crippen LogP contribution in [0.4, 0.5) is 11.6 Å². The van der Waals surface area contributed by atoms with Gasteiger partial charge in [-0.25, -0.2) is 4.98 Å². The number of ether oxygens (including phenoxy) is 1. The zero-order valence-corrected chi connectivity index (χ0v) is 21.6. The molecule has 1 aliphatic rings. The Hall–Kier alpha value is -4.01. The number of nitrogens with zero attached hydrogens (tertiary/aromatic N) is 3. The highest BCUT2D eigenvalue weighted by atomic mass is 35.5. The molecular weight excluding hydrogens is 515 g/mol. The molecule has 1 atom stereocenters. The van der Waals surface area contributed by atoms with Crippen LogP contribution in [0.25, 0.3) is 16.8 Å². The maximum absolute atomic E-state index is 13.4. The summed E-state index contributed by atoms with van der Waals surface area (Å²) < 4.78 is 5.28. The van der Waals surface area contributed by atoms with Crippen molar-refractivity contribution in [2.24, 2.45) is 0 Å². The van der Waals surface area contributed by atoms with E-state index in [9.17, 15) is 14.7 Å². The lowest BCUT2D eigenvalue weighted by Gasteiger charge is -2.24. The van der Waals surface area contributed by atoms with E-state index >= 15 is 0 Å². The van der Waals surface area contributed by atoms with Crippen molar-refractivity contribution in [3.05, 3.63) is 87.4 Å². The number of imidazole rings is 1. The Bertz CT molecular complexity index is 1580. The molecule has 2 N–H and O–H groups in total. The van der Waals surface area contributed by atoms with E-state index in [1.807, 2.05) is 43.3 Å². The van der Waals surface area contributed by atoms with E-state index in [0.29, 0.717) is 27.4 Å². The van der Waals surface area contributed by atoms with Gasteiger partial charge in [0.2, 0.25) is 5.95 Å². The first-order valence-corrected chi connectivity index (χ1v) is 12.0. The molecule has 1 fully saturated rings. The third kappa shape index (κ3) is 4.28. The maximum Gasteiger partial charge on any atom is 0.302 e. The highest BCUT2D eigenvalue weighted by molar-refractivity contribution is 6.51. The molecule has 1 aromatic heterocycles. The lowest BCUT2D eigenvalue weighted by Crippen LogP contribution is -2.30. The van der Waals surface area contributed by atoms with Crippen LogP contribution >= 0.6 is 23.2 Å². The molecule has 3 aromatic carbocycles. The third-order valence-electron chi connectivity index (χ3n) is 6.27. The summed E-state index contributed by atoms with van der Waals surface area (Å²) in [5.41, 5.74) is 2.94. The smallest absolute Gasteiger partial charge is 0.302 e. The normalized spacial score (nSPS) is 17.0. The molecule has 0 aliphatic carbocycles. The first kappa shape index (κ1) is 24.7. The van der Waals surface area contributed by atoms with Crippen LogP contribution in [-0.2, 0) is 9.59 Å². The van der Waals surface area contributed by atoms with Crippen molar-refractivity contribution in [3.63, 3.8) is 0 Å². The number of aromatic amines is 1. The van der Waals surface area contributed by atoms with Crippen molar-refractivity contribution in [2.75, 3.05) is 31.0 Å². The number of anilines is 2. The van der Waals surface area contributed by atoms with Crippen LogP contribution in [0.5, 0.6) is 5.75 Å². The number of nitrogens with one attached hydrogen (secondary N) is 1. The van der Waals surface area contributed by atoms with E-state index in [2.05, 4.69) is 9.97 Å². The van der Waals surface area contributed by atoms with Gasteiger partial charge in [-0.2, -0.15) is 0 Å². The van der Waals surface area contributed by atoms with Crippen molar-refractivity contribution in [1.29, 1.82) is 0 Å². The summed E-state index contributed by atoms with van der Waals surface area (Å²) in [4.78, 5) is 37.7. The van der Waals surface area contributed by atoms with Gasteiger partial charge in [-0.1, -0.05) is 35.3 Å². The number of ketones is 1. The fourth-order valence-electron chi connectivity index (χ4n) is 4.34. The molecule has 8 nitrogen and oxygen atoms in total. The van der Waals surface area contributed by atoms with Crippen molar-refractivity contribution >= 4 is 63.3 Å². The number of methoxy groups -OCH3 is 1. The monoisotopic (exact) mass is 536 g/mol. The number of hydrogen-bond donors (Lipinski definition) is 2. The molecule has 1 saturated heterocycles. The Kier molecular flexibility index (Phi) is 6.31. The molecule has 5 rings (SSSR count). The number of rotatable bonds is 5. The molecule has 0 radical (unpaired) electrons. The van der Waals surface area contributed by atoms with Crippen LogP contribution in [0, 0.1) is 0 Å². The van der Waals surface area contributed by atoms with E-state index in [-0.39, 0.29) is 27.9 Å². The van der Waals surface area contributed by atoms with Gasteiger partial charge in [-0.05, 0) is 48.0 Å². The van der Waals surface area contributed by atoms with Crippen LogP contribution in [0.1, 0.15) is 17.2 Å². The van der Waals surface area contributed by atoms with E-state index < -0.39 is 17.7 Å². The van der Waals surface area contributed by atoms with Crippen molar-refractivity contribution in [2.45, 2.75) is 6.04 Å². The first-order valence-electron chi connectivity index (χ1n) is 11.3. The number of carbonyl (C=O) groups excluding carboxylic acids is 2. The molecule has 2 heterocycles. The molecule has 188 valence electrons. The topological polar surface area (TPSA) is 98.8 Å². The Balaban J connectivity index is 1.71. The lowest BCUT2D eigenvalue weighted by atomic mass is 9.95. The summed E-state index contributed by atoms with van der Waals surface area (Å²) in [7, 11) is 5.37. The second-order valence-corrected chi connectivity index (χ2v) is 9.54. The minimum atomic E-state index is -0.951. The molecule has 10 heteroatoms. The average molecular weight is 537 g/mol. The second kappa shape index (κ2) is 9.46. The zero-order chi connectivity index (χ0) is 26.4. The fourth-order valence-corrected chi connectivity index (χ4v) is 4.63. The summed E-state index contributed by atoms with van der Waals surface area (Å²) in [6, 6.07) is 16.2. The quantitative estimate of drug-likeness (QED) is 0.196. The predicted octanol–water partition coefficient (Wildman–Crippen LogP) is 5.57. The van der Waals surface area contributed by atoms with Gasteiger partial charge in [0.15, 0.2) is 0 Å². The average Bonchev–Trinajstić information content (AvgIpc) is 3.42. The van der Waals surface area contributed by atoms with Gasteiger partial charge in [-0.3, -0.25) is 14.5 Å². The number of amides is 1. The third-order valence-corrected chi connectivity index (χ3v) is 7.01. The van der Waals surface area contributed by atoms with Crippen LogP contribution in [0.15, 0.2) is 66.2 Å². The number of fused-ring (bicyclic) bond motifs is 1. The van der Waals surface area contributed by atoms with Gasteiger partial charge in [0, 0.05) is 31.4 Å². The second-order valence-electron chi connectivity index (χ2n) is 8.73. The van der Waals surface area contributed by atoms with E-state index in [0.717, 1.165) is 5.69 Å². The minimum absolute atomic E-state index is 0.0842. The molecule has 1 unspecified atom stereocenters. The molecule has 4 aromatic rings. The summed E-state index contributed by atoms with van der Waals surface area (Å²) in [5, 5.41) is 11.8. The number of benzene rings is 3. The zero-order valence-electron chi connectivity index (χ0n) is 20.1. The summed E-state index contributed by atoms with van der Waals surface area (Å²) >= 11 is 12.2. The van der Waals surface area contributed by atoms with Gasteiger partial charge >= 0.3 is 5.91 Å². The van der Waals surface area contributed by atoms with Crippen molar-refractivity contribution in [1.82, 2.24) is 9.97 Å². The summed E-state index contributed by atoms with van der Waals surface area (Å²) in [6.07, 6.45) is 0. The highest BCUT2D eigenvalue weighted by Gasteiger charge is 2.48.